The standard InChI is InChI=1S/C9H12.Cl2S/c1-7-4-8(2)6-9(3)5-7;1-3-2/h4-6H,1-3H3;. The maximum atomic E-state index is 4.68. The van der Waals surface area contributed by atoms with Crippen LogP contribution in [0.15, 0.2) is 18.2 Å². The van der Waals surface area contributed by atoms with Gasteiger partial charge in [-0.1, -0.05) is 34.9 Å². The lowest BCUT2D eigenvalue weighted by atomic mass is 10.1. The molecule has 0 heterocycles. The van der Waals surface area contributed by atoms with Crippen LogP contribution < -0.4 is 0 Å². The summed E-state index contributed by atoms with van der Waals surface area (Å²) in [5.74, 6) is 0. The second-order valence-corrected chi connectivity index (χ2v) is 4.24. The molecule has 0 aliphatic heterocycles. The lowest BCUT2D eigenvalue weighted by molar-refractivity contribution is 1.32. The van der Waals surface area contributed by atoms with Crippen molar-refractivity contribution in [3.05, 3.63) is 34.9 Å². The molecule has 0 aliphatic rings. The van der Waals surface area contributed by atoms with Crippen LogP contribution in [0.2, 0.25) is 0 Å². The first kappa shape index (κ1) is 12.2. The van der Waals surface area contributed by atoms with E-state index in [1.54, 1.807) is 0 Å². The summed E-state index contributed by atoms with van der Waals surface area (Å²) in [6, 6.07) is 6.56. The van der Waals surface area contributed by atoms with E-state index in [4.69, 9.17) is 0 Å². The van der Waals surface area contributed by atoms with Crippen molar-refractivity contribution in [1.29, 1.82) is 0 Å². The molecule has 0 aromatic heterocycles. The van der Waals surface area contributed by atoms with Gasteiger partial charge in [0.05, 0.1) is 10.2 Å². The molecule has 0 saturated carbocycles. The summed E-state index contributed by atoms with van der Waals surface area (Å²) >= 11 is 0. The summed E-state index contributed by atoms with van der Waals surface area (Å²) in [5, 5.41) is 0. The van der Waals surface area contributed by atoms with Gasteiger partial charge in [0.2, 0.25) is 0 Å². The zero-order valence-electron chi connectivity index (χ0n) is 7.40. The number of aryl methyl sites for hydroxylation is 3. The third kappa shape index (κ3) is 5.76. The number of benzene rings is 1. The molecule has 3 heteroatoms. The molecule has 0 radical (unpaired) electrons. The van der Waals surface area contributed by atoms with Crippen LogP contribution in [-0.4, -0.2) is 0 Å². The molecule has 1 aromatic rings. The monoisotopic (exact) mass is 222 g/mol. The van der Waals surface area contributed by atoms with E-state index in [0.717, 1.165) is 0 Å². The van der Waals surface area contributed by atoms with E-state index < -0.39 is 0 Å². The lowest BCUT2D eigenvalue weighted by Crippen LogP contribution is -1.78. The summed E-state index contributed by atoms with van der Waals surface area (Å²) in [6.45, 7) is 6.38. The zero-order chi connectivity index (χ0) is 9.56. The average Bonchev–Trinajstić information content (AvgIpc) is 1.84. The van der Waals surface area contributed by atoms with Crippen LogP contribution in [0.4, 0.5) is 0 Å². The molecule has 0 aliphatic carbocycles. The molecule has 0 amide bonds. The molecule has 0 unspecified atom stereocenters. The SMILES string of the molecule is Cc1cc(C)cc(C)c1.ClSCl. The van der Waals surface area contributed by atoms with E-state index >= 15 is 0 Å². The van der Waals surface area contributed by atoms with Gasteiger partial charge in [0.15, 0.2) is 0 Å². The Kier molecular flexibility index (Phi) is 6.73. The molecule has 1 aromatic carbocycles. The maximum absolute atomic E-state index is 4.68. The first-order valence-corrected chi connectivity index (χ1v) is 6.01. The lowest BCUT2D eigenvalue weighted by Gasteiger charge is -1.96. The maximum Gasteiger partial charge on any atom is 0.0523 e. The van der Waals surface area contributed by atoms with Gasteiger partial charge in [0, 0.05) is 0 Å². The Morgan fingerprint density at radius 1 is 0.833 bits per heavy atom. The molecule has 0 bridgehead atoms. The largest absolute Gasteiger partial charge is 0.0564 e. The molecule has 1 rings (SSSR count). The Labute approximate surface area is 87.3 Å². The number of hydrogen-bond donors (Lipinski definition) is 0. The second-order valence-electron chi connectivity index (χ2n) is 2.72. The zero-order valence-corrected chi connectivity index (χ0v) is 9.72. The average molecular weight is 223 g/mol. The highest BCUT2D eigenvalue weighted by Crippen LogP contribution is 2.08. The van der Waals surface area contributed by atoms with Crippen molar-refractivity contribution in [1.82, 2.24) is 0 Å². The highest BCUT2D eigenvalue weighted by molar-refractivity contribution is 8.38. The van der Waals surface area contributed by atoms with Crippen molar-refractivity contribution >= 4 is 31.6 Å². The van der Waals surface area contributed by atoms with Crippen molar-refractivity contribution in [2.75, 3.05) is 0 Å². The van der Waals surface area contributed by atoms with Crippen molar-refractivity contribution < 1.29 is 0 Å². The molecule has 68 valence electrons. The minimum Gasteiger partial charge on any atom is -0.0564 e. The Morgan fingerprint density at radius 3 is 1.17 bits per heavy atom. The predicted octanol–water partition coefficient (Wildman–Crippen LogP) is 4.64. The van der Waals surface area contributed by atoms with Gasteiger partial charge in [-0.05, 0) is 42.1 Å². The van der Waals surface area contributed by atoms with Crippen LogP contribution in [0.25, 0.3) is 0 Å². The topological polar surface area (TPSA) is 0 Å². The molecule has 0 nitrogen and oxygen atoms in total. The Bertz CT molecular complexity index is 185. The normalized spacial score (nSPS) is 8.75. The van der Waals surface area contributed by atoms with Crippen LogP contribution in [0.3, 0.4) is 0 Å². The fourth-order valence-corrected chi connectivity index (χ4v) is 1.20. The second kappa shape index (κ2) is 6.64. The number of rotatable bonds is 0. The van der Waals surface area contributed by atoms with Crippen LogP contribution in [-0.2, 0) is 0 Å². The summed E-state index contributed by atoms with van der Waals surface area (Å²) < 4.78 is 0. The van der Waals surface area contributed by atoms with Crippen LogP contribution in [0, 0.1) is 20.8 Å². The van der Waals surface area contributed by atoms with Gasteiger partial charge in [-0.3, -0.25) is 0 Å². The first-order valence-electron chi connectivity index (χ1n) is 3.54. The quantitative estimate of drug-likeness (QED) is 0.617. The van der Waals surface area contributed by atoms with Gasteiger partial charge in [-0.25, -0.2) is 0 Å². The van der Waals surface area contributed by atoms with E-state index in [0.29, 0.717) is 10.2 Å². The molecule has 0 spiro atoms. The molecular weight excluding hydrogens is 211 g/mol. The van der Waals surface area contributed by atoms with Crippen LogP contribution in [0.5, 0.6) is 0 Å². The predicted molar refractivity (Wildman–Crippen MR) is 60.0 cm³/mol. The van der Waals surface area contributed by atoms with Crippen molar-refractivity contribution in [2.45, 2.75) is 20.8 Å². The van der Waals surface area contributed by atoms with Crippen molar-refractivity contribution in [3.8, 4) is 0 Å². The van der Waals surface area contributed by atoms with E-state index in [1.165, 1.54) is 16.7 Å². The van der Waals surface area contributed by atoms with Crippen LogP contribution in [0.1, 0.15) is 16.7 Å². The van der Waals surface area contributed by atoms with Crippen molar-refractivity contribution in [3.63, 3.8) is 0 Å². The number of halogens is 2. The smallest absolute Gasteiger partial charge is 0.0523 e. The minimum atomic E-state index is 0.694. The highest BCUT2D eigenvalue weighted by Gasteiger charge is 1.87. The fourth-order valence-electron chi connectivity index (χ4n) is 1.20. The molecule has 0 atom stereocenters. The number of hydrogen-bond acceptors (Lipinski definition) is 1. The Hall–Kier alpha value is 0.150. The van der Waals surface area contributed by atoms with Crippen LogP contribution >= 0.6 is 31.6 Å². The molecule has 12 heavy (non-hydrogen) atoms. The minimum absolute atomic E-state index is 0.694. The van der Waals surface area contributed by atoms with E-state index in [1.807, 2.05) is 0 Å². The van der Waals surface area contributed by atoms with Gasteiger partial charge < -0.3 is 0 Å². The van der Waals surface area contributed by atoms with E-state index in [9.17, 15) is 0 Å². The third-order valence-corrected chi connectivity index (χ3v) is 1.37. The molecular formula is C9H12Cl2S. The van der Waals surface area contributed by atoms with E-state index in [-0.39, 0.29) is 0 Å². The van der Waals surface area contributed by atoms with Gasteiger partial charge in [-0.15, -0.1) is 0 Å². The van der Waals surface area contributed by atoms with Gasteiger partial charge in [-0.2, -0.15) is 0 Å². The molecule has 0 N–H and O–H groups in total. The molecule has 0 saturated heterocycles. The van der Waals surface area contributed by atoms with Gasteiger partial charge in [0.25, 0.3) is 0 Å². The van der Waals surface area contributed by atoms with E-state index in [2.05, 4.69) is 60.3 Å². The third-order valence-electron chi connectivity index (χ3n) is 1.37. The summed E-state index contributed by atoms with van der Waals surface area (Å²) in [7, 11) is 10.1. The first-order chi connectivity index (χ1) is 5.60. The summed E-state index contributed by atoms with van der Waals surface area (Å²) in [6.07, 6.45) is 0. The Morgan fingerprint density at radius 2 is 1.00 bits per heavy atom. The summed E-state index contributed by atoms with van der Waals surface area (Å²) in [5.41, 5.74) is 4.06. The van der Waals surface area contributed by atoms with Gasteiger partial charge >= 0.3 is 0 Å². The molecule has 0 fully saturated rings. The van der Waals surface area contributed by atoms with Gasteiger partial charge in [0.1, 0.15) is 0 Å². The fraction of sp³-hybridized carbons (Fsp3) is 0.333. The Balaban J connectivity index is 0.000000354. The van der Waals surface area contributed by atoms with Crippen molar-refractivity contribution in [2.24, 2.45) is 0 Å². The highest BCUT2D eigenvalue weighted by atomic mass is 36.0. The summed E-state index contributed by atoms with van der Waals surface area (Å²) in [4.78, 5) is 0.